The number of ether oxygens (including phenoxy) is 4. The number of nitrogens with one attached hydrogen (secondary N) is 1. The molecule has 4 aliphatic carbocycles. The molecule has 7 rings (SSSR count). The van der Waals surface area contributed by atoms with Crippen LogP contribution in [-0.2, 0) is 28.5 Å². The lowest BCUT2D eigenvalue weighted by Crippen LogP contribution is -2.63. The number of azide groups is 1. The standard InChI is InChI=1S/C34H43N5O9/c1-17-15-39(30(44)36-28(17)42)25-13-22(37-38-35)24(46-25)16-45-29(43)27-34(48-31(2,3)47-27)11-9-21-20-7-6-18-12-19(40)8-10-32(18,4)26(20)23(41)14-33(21,34)5/h8,10,12,15,20-27,41H,6-7,9,11,13-14,16H2,1-5H3,(H,36,42,44)/t20?,21?,22-,23-,24+,25+,26?,27+,32-,33-,34-/m0/s1. The van der Waals surface area contributed by atoms with Gasteiger partial charge in [-0.2, -0.15) is 0 Å². The second-order valence-corrected chi connectivity index (χ2v) is 15.4. The van der Waals surface area contributed by atoms with Gasteiger partial charge >= 0.3 is 11.7 Å². The topological polar surface area (TPSA) is 195 Å². The molecule has 0 bridgehead atoms. The van der Waals surface area contributed by atoms with Gasteiger partial charge in [0.2, 0.25) is 0 Å². The van der Waals surface area contributed by atoms with Crippen molar-refractivity contribution in [3.63, 3.8) is 0 Å². The third kappa shape index (κ3) is 4.86. The Morgan fingerprint density at radius 3 is 2.75 bits per heavy atom. The molecule has 14 heteroatoms. The molecule has 258 valence electrons. The molecule has 3 heterocycles. The number of aryl methyl sites for hydroxylation is 1. The Labute approximate surface area is 277 Å². The normalized spacial score (nSPS) is 42.5. The van der Waals surface area contributed by atoms with E-state index in [4.69, 9.17) is 18.9 Å². The number of aromatic amines is 1. The monoisotopic (exact) mass is 665 g/mol. The molecule has 1 spiro atoms. The maximum atomic E-state index is 14.1. The summed E-state index contributed by atoms with van der Waals surface area (Å²) in [6.45, 7) is 9.08. The van der Waals surface area contributed by atoms with E-state index in [2.05, 4.69) is 28.9 Å². The molecule has 3 saturated carbocycles. The Bertz CT molecular complexity index is 1780. The van der Waals surface area contributed by atoms with Crippen molar-refractivity contribution in [2.75, 3.05) is 6.61 Å². The summed E-state index contributed by atoms with van der Waals surface area (Å²) in [5, 5.41) is 15.8. The van der Waals surface area contributed by atoms with E-state index in [1.807, 2.05) is 6.08 Å². The molecule has 48 heavy (non-hydrogen) atoms. The van der Waals surface area contributed by atoms with Crippen LogP contribution in [0.5, 0.6) is 0 Å². The summed E-state index contributed by atoms with van der Waals surface area (Å²) < 4.78 is 26.2. The number of H-pyrrole nitrogens is 1. The van der Waals surface area contributed by atoms with Crippen LogP contribution in [0.4, 0.5) is 0 Å². The fourth-order valence-corrected chi connectivity index (χ4v) is 10.3. The minimum absolute atomic E-state index is 0.0133. The van der Waals surface area contributed by atoms with Crippen LogP contribution < -0.4 is 11.2 Å². The Morgan fingerprint density at radius 1 is 1.23 bits per heavy atom. The van der Waals surface area contributed by atoms with Crippen molar-refractivity contribution in [2.45, 2.75) is 115 Å². The van der Waals surface area contributed by atoms with Gasteiger partial charge in [0.25, 0.3) is 5.56 Å². The molecule has 0 amide bonds. The van der Waals surface area contributed by atoms with Gasteiger partial charge in [0.15, 0.2) is 17.7 Å². The van der Waals surface area contributed by atoms with Gasteiger partial charge in [0.1, 0.15) is 24.5 Å². The number of fused-ring (bicyclic) bond motifs is 6. The fraction of sp³-hybridized carbons (Fsp3) is 0.706. The second kappa shape index (κ2) is 11.2. The summed E-state index contributed by atoms with van der Waals surface area (Å²) in [7, 11) is 0. The predicted octanol–water partition coefficient (Wildman–Crippen LogP) is 3.52. The zero-order chi connectivity index (χ0) is 34.4. The molecule has 6 aliphatic rings. The van der Waals surface area contributed by atoms with Gasteiger partial charge in [-0.3, -0.25) is 19.1 Å². The van der Waals surface area contributed by atoms with Crippen LogP contribution >= 0.6 is 0 Å². The molecule has 1 aromatic rings. The molecule has 0 radical (unpaired) electrons. The molecule has 2 saturated heterocycles. The van der Waals surface area contributed by atoms with Crippen LogP contribution in [0.2, 0.25) is 0 Å². The van der Waals surface area contributed by atoms with Crippen LogP contribution in [-0.4, -0.2) is 68.8 Å². The quantitative estimate of drug-likeness (QED) is 0.205. The van der Waals surface area contributed by atoms with Crippen LogP contribution in [0.15, 0.2) is 44.7 Å². The SMILES string of the molecule is Cc1cn([C@H]2C[C@H](N=[N+]=[N-])[C@@H](COC(=O)[C@H]3OC(C)(C)O[C@@]34CCC3C5CCC6=CC(=O)C=C[C@]6(C)C5[C@@H](O)C[C@@]34C)O2)c(=O)[nH]c1=O. The Balaban J connectivity index is 1.13. The number of ketones is 1. The van der Waals surface area contributed by atoms with Crippen LogP contribution in [0.25, 0.3) is 10.4 Å². The zero-order valence-electron chi connectivity index (χ0n) is 27.9. The molecule has 2 N–H and O–H groups in total. The lowest BCUT2D eigenvalue weighted by atomic mass is 9.46. The van der Waals surface area contributed by atoms with E-state index in [1.165, 1.54) is 10.8 Å². The van der Waals surface area contributed by atoms with Crippen molar-refractivity contribution in [3.8, 4) is 0 Å². The van der Waals surface area contributed by atoms with E-state index >= 15 is 0 Å². The molecule has 1 aromatic heterocycles. The number of carbonyl (C=O) groups excluding carboxylic acids is 2. The maximum absolute atomic E-state index is 14.1. The van der Waals surface area contributed by atoms with Gasteiger partial charge < -0.3 is 24.1 Å². The summed E-state index contributed by atoms with van der Waals surface area (Å²) >= 11 is 0. The van der Waals surface area contributed by atoms with E-state index in [0.717, 1.165) is 24.8 Å². The van der Waals surface area contributed by atoms with E-state index in [1.54, 1.807) is 32.9 Å². The lowest BCUT2D eigenvalue weighted by Gasteiger charge is -2.60. The van der Waals surface area contributed by atoms with E-state index < -0.39 is 70.0 Å². The average molecular weight is 666 g/mol. The molecule has 2 aliphatic heterocycles. The highest BCUT2D eigenvalue weighted by atomic mass is 16.8. The Hall–Kier alpha value is -3.55. The van der Waals surface area contributed by atoms with Gasteiger partial charge in [-0.15, -0.1) is 0 Å². The van der Waals surface area contributed by atoms with Gasteiger partial charge in [0.05, 0.1) is 12.1 Å². The van der Waals surface area contributed by atoms with Gasteiger partial charge in [0, 0.05) is 39.8 Å². The van der Waals surface area contributed by atoms with Gasteiger partial charge in [-0.05, 0) is 82.4 Å². The predicted molar refractivity (Wildman–Crippen MR) is 169 cm³/mol. The number of rotatable bonds is 5. The molecular weight excluding hydrogens is 622 g/mol. The number of allylic oxidation sites excluding steroid dienone is 4. The first-order valence-corrected chi connectivity index (χ1v) is 16.8. The molecule has 14 nitrogen and oxygen atoms in total. The Kier molecular flexibility index (Phi) is 7.72. The Morgan fingerprint density at radius 2 is 2.00 bits per heavy atom. The number of nitrogens with zero attached hydrogens (tertiary/aromatic N) is 4. The van der Waals surface area contributed by atoms with Crippen molar-refractivity contribution in [1.29, 1.82) is 0 Å². The number of hydrogen-bond donors (Lipinski definition) is 2. The van der Waals surface area contributed by atoms with Crippen molar-refractivity contribution in [3.05, 3.63) is 66.8 Å². The minimum Gasteiger partial charge on any atom is -0.461 e. The summed E-state index contributed by atoms with van der Waals surface area (Å²) in [5.74, 6) is -1.54. The summed E-state index contributed by atoms with van der Waals surface area (Å²) in [4.78, 5) is 55.9. The van der Waals surface area contributed by atoms with E-state index in [9.17, 15) is 29.8 Å². The smallest absolute Gasteiger partial charge is 0.338 e. The van der Waals surface area contributed by atoms with Gasteiger partial charge in [-0.25, -0.2) is 9.59 Å². The first-order valence-electron chi connectivity index (χ1n) is 16.8. The third-order valence-electron chi connectivity index (χ3n) is 12.4. The second-order valence-electron chi connectivity index (χ2n) is 15.4. The number of hydrogen-bond acceptors (Lipinski definition) is 10. The van der Waals surface area contributed by atoms with E-state index in [-0.39, 0.29) is 36.6 Å². The van der Waals surface area contributed by atoms with Crippen molar-refractivity contribution in [1.82, 2.24) is 9.55 Å². The number of aromatic nitrogens is 2. The number of esters is 1. The number of aliphatic hydroxyl groups excluding tert-OH is 1. The van der Waals surface area contributed by atoms with Crippen molar-refractivity contribution < 1.29 is 33.6 Å². The van der Waals surface area contributed by atoms with E-state index in [0.29, 0.717) is 18.4 Å². The third-order valence-corrected chi connectivity index (χ3v) is 12.4. The highest BCUT2D eigenvalue weighted by Gasteiger charge is 2.74. The largest absolute Gasteiger partial charge is 0.461 e. The number of aliphatic hydroxyl groups is 1. The van der Waals surface area contributed by atoms with Crippen LogP contribution in [0.1, 0.15) is 78.0 Å². The molecular formula is C34H43N5O9. The van der Waals surface area contributed by atoms with Crippen LogP contribution in [0, 0.1) is 35.5 Å². The first kappa shape index (κ1) is 33.0. The fourth-order valence-electron chi connectivity index (χ4n) is 10.3. The average Bonchev–Trinajstić information content (AvgIpc) is 3.64. The molecule has 5 fully saturated rings. The highest BCUT2D eigenvalue weighted by Crippen LogP contribution is 2.70. The first-order chi connectivity index (χ1) is 22.6. The maximum Gasteiger partial charge on any atom is 0.338 e. The van der Waals surface area contributed by atoms with Crippen LogP contribution in [0.3, 0.4) is 0 Å². The lowest BCUT2D eigenvalue weighted by molar-refractivity contribution is -0.210. The molecule has 11 atom stereocenters. The van der Waals surface area contributed by atoms with Crippen molar-refractivity contribution >= 4 is 11.8 Å². The highest BCUT2D eigenvalue weighted by molar-refractivity contribution is 6.01. The molecule has 3 unspecified atom stereocenters. The van der Waals surface area contributed by atoms with Gasteiger partial charge in [-0.1, -0.05) is 30.6 Å². The number of carbonyl (C=O) groups is 2. The molecule has 0 aromatic carbocycles. The zero-order valence-corrected chi connectivity index (χ0v) is 27.9. The minimum atomic E-state index is -1.10. The van der Waals surface area contributed by atoms with Crippen molar-refractivity contribution in [2.24, 2.45) is 33.7 Å². The summed E-state index contributed by atoms with van der Waals surface area (Å²) in [5.41, 5.74) is 7.33. The summed E-state index contributed by atoms with van der Waals surface area (Å²) in [6.07, 6.45) is 6.68. The summed E-state index contributed by atoms with van der Waals surface area (Å²) in [6, 6.07) is -0.743.